The molecule has 226 valence electrons. The largest absolute Gasteiger partial charge is 0.397 e. The lowest BCUT2D eigenvalue weighted by Gasteiger charge is -2.19. The zero-order valence-electron chi connectivity index (χ0n) is 26.2. The minimum atomic E-state index is -0.103. The first-order valence-electron chi connectivity index (χ1n) is 14.3. The summed E-state index contributed by atoms with van der Waals surface area (Å²) in [6.07, 6.45) is 4.86. The van der Waals surface area contributed by atoms with Gasteiger partial charge in [0.2, 0.25) is 0 Å². The molecule has 2 aliphatic rings. The van der Waals surface area contributed by atoms with Crippen molar-refractivity contribution in [3.63, 3.8) is 0 Å². The van der Waals surface area contributed by atoms with Gasteiger partial charge in [-0.25, -0.2) is 9.97 Å². The van der Waals surface area contributed by atoms with Crippen LogP contribution in [0.1, 0.15) is 92.7 Å². The van der Waals surface area contributed by atoms with Crippen LogP contribution in [0.25, 0.3) is 0 Å². The SMILES string of the molecule is CC(=O)c1cc(N2CCCC2)cc(C(C)=O)n1.CCO.CN.CN=C(C)c1cc(N2CCCC2)cc(C(C)=NC)n1. The molecule has 0 spiro atoms. The molecule has 10 heteroatoms. The Morgan fingerprint density at radius 1 is 0.707 bits per heavy atom. The van der Waals surface area contributed by atoms with E-state index in [1.807, 2.05) is 13.8 Å². The second-order valence-corrected chi connectivity index (χ2v) is 9.63. The van der Waals surface area contributed by atoms with Gasteiger partial charge in [0, 0.05) is 72.1 Å². The van der Waals surface area contributed by atoms with Crippen molar-refractivity contribution in [1.29, 1.82) is 0 Å². The molecule has 3 N–H and O–H groups in total. The quantitative estimate of drug-likeness (QED) is 0.391. The fourth-order valence-corrected chi connectivity index (χ4v) is 4.31. The predicted octanol–water partition coefficient (Wildman–Crippen LogP) is 4.22. The van der Waals surface area contributed by atoms with E-state index in [1.165, 1.54) is 39.4 Å². The van der Waals surface area contributed by atoms with Gasteiger partial charge in [-0.15, -0.1) is 0 Å². The maximum Gasteiger partial charge on any atom is 0.178 e. The van der Waals surface area contributed by atoms with Crippen molar-refractivity contribution >= 4 is 34.4 Å². The van der Waals surface area contributed by atoms with Gasteiger partial charge in [0.15, 0.2) is 11.6 Å². The average Bonchev–Trinajstić information content (AvgIpc) is 3.73. The minimum absolute atomic E-state index is 0.103. The number of carbonyl (C=O) groups is 2. The average molecular weight is 568 g/mol. The van der Waals surface area contributed by atoms with Crippen LogP contribution >= 0.6 is 0 Å². The Balaban J connectivity index is 0.000000356. The monoisotopic (exact) mass is 567 g/mol. The van der Waals surface area contributed by atoms with Crippen LogP contribution in [0, 0.1) is 0 Å². The van der Waals surface area contributed by atoms with E-state index in [4.69, 9.17) is 5.11 Å². The number of carbonyl (C=O) groups excluding carboxylic acids is 2. The fraction of sp³-hybridized carbons (Fsp3) is 0.548. The first-order valence-corrected chi connectivity index (χ1v) is 14.3. The van der Waals surface area contributed by atoms with E-state index in [2.05, 4.69) is 47.6 Å². The molecule has 0 aliphatic carbocycles. The standard InChI is InChI=1S/C15H22N4.C13H16N2O2.C2H6O.CH5N/c1-11(16-3)14-9-13(19-7-5-6-8-19)10-15(18-14)12(2)17-4;1-9(16)12-7-11(15-5-3-4-6-15)8-13(14-12)10(2)17;1-2-3;1-2/h9-10H,5-8H2,1-4H3;7-8H,3-6H2,1-2H3;3H,2H2,1H3;2H2,1H3. The molecule has 0 bridgehead atoms. The van der Waals surface area contributed by atoms with Crippen LogP contribution in [-0.4, -0.2) is 92.0 Å². The van der Waals surface area contributed by atoms with Crippen LogP contribution in [0.3, 0.4) is 0 Å². The number of hydrogen-bond acceptors (Lipinski definition) is 10. The van der Waals surface area contributed by atoms with Gasteiger partial charge in [-0.1, -0.05) is 0 Å². The summed E-state index contributed by atoms with van der Waals surface area (Å²) >= 11 is 0. The molecule has 4 heterocycles. The third kappa shape index (κ3) is 11.1. The summed E-state index contributed by atoms with van der Waals surface area (Å²) < 4.78 is 0. The number of ketones is 2. The topological polar surface area (TPSA) is 137 Å². The second kappa shape index (κ2) is 18.8. The predicted molar refractivity (Wildman–Crippen MR) is 171 cm³/mol. The Morgan fingerprint density at radius 2 is 0.976 bits per heavy atom. The first-order chi connectivity index (χ1) is 19.6. The fourth-order valence-electron chi connectivity index (χ4n) is 4.31. The molecular formula is C31H49N7O3. The van der Waals surface area contributed by atoms with Crippen LogP contribution in [0.2, 0.25) is 0 Å². The lowest BCUT2D eigenvalue weighted by molar-refractivity contribution is 0.101. The summed E-state index contributed by atoms with van der Waals surface area (Å²) in [5.74, 6) is -0.206. The molecule has 0 aromatic carbocycles. The number of hydrogen-bond donors (Lipinski definition) is 2. The number of aliphatic imine (C=N–C) groups is 2. The normalized spacial score (nSPS) is 14.8. The van der Waals surface area contributed by atoms with Crippen LogP contribution in [0.4, 0.5) is 11.4 Å². The highest BCUT2D eigenvalue weighted by atomic mass is 16.2. The molecule has 0 unspecified atom stereocenters. The summed E-state index contributed by atoms with van der Waals surface area (Å²) in [6.45, 7) is 13.1. The number of rotatable bonds is 6. The third-order valence-corrected chi connectivity index (χ3v) is 6.70. The van der Waals surface area contributed by atoms with E-state index in [0.717, 1.165) is 67.5 Å². The number of anilines is 2. The van der Waals surface area contributed by atoms with Gasteiger partial charge in [0.25, 0.3) is 0 Å². The Labute approximate surface area is 245 Å². The number of aliphatic hydroxyl groups is 1. The van der Waals surface area contributed by atoms with E-state index in [0.29, 0.717) is 11.4 Å². The molecule has 2 aromatic heterocycles. The van der Waals surface area contributed by atoms with E-state index in [1.54, 1.807) is 33.2 Å². The van der Waals surface area contributed by atoms with Crippen molar-refractivity contribution in [2.45, 2.75) is 60.3 Å². The molecular weight excluding hydrogens is 518 g/mol. The van der Waals surface area contributed by atoms with Gasteiger partial charge in [0.05, 0.1) is 22.8 Å². The summed E-state index contributed by atoms with van der Waals surface area (Å²) in [5.41, 5.74) is 11.3. The summed E-state index contributed by atoms with van der Waals surface area (Å²) in [7, 11) is 5.11. The van der Waals surface area contributed by atoms with Gasteiger partial charge >= 0.3 is 0 Å². The Morgan fingerprint density at radius 3 is 1.24 bits per heavy atom. The highest BCUT2D eigenvalue weighted by Gasteiger charge is 2.17. The van der Waals surface area contributed by atoms with E-state index < -0.39 is 0 Å². The molecule has 2 aliphatic heterocycles. The molecule has 2 saturated heterocycles. The van der Waals surface area contributed by atoms with Crippen LogP contribution in [-0.2, 0) is 0 Å². The van der Waals surface area contributed by atoms with Crippen molar-refractivity contribution in [3.8, 4) is 0 Å². The molecule has 4 rings (SSSR count). The molecule has 10 nitrogen and oxygen atoms in total. The first kappa shape index (κ1) is 35.5. The van der Waals surface area contributed by atoms with Crippen molar-refractivity contribution in [1.82, 2.24) is 9.97 Å². The van der Waals surface area contributed by atoms with E-state index >= 15 is 0 Å². The van der Waals surface area contributed by atoms with Gasteiger partial charge in [-0.05, 0) is 77.8 Å². The van der Waals surface area contributed by atoms with Crippen LogP contribution in [0.5, 0.6) is 0 Å². The number of aromatic nitrogens is 2. The zero-order chi connectivity index (χ0) is 30.9. The van der Waals surface area contributed by atoms with Crippen molar-refractivity contribution in [3.05, 3.63) is 47.0 Å². The highest BCUT2D eigenvalue weighted by molar-refractivity contribution is 6.02. The maximum absolute atomic E-state index is 11.4. The highest BCUT2D eigenvalue weighted by Crippen LogP contribution is 2.23. The number of aliphatic hydroxyl groups excluding tert-OH is 1. The second-order valence-electron chi connectivity index (χ2n) is 9.63. The lowest BCUT2D eigenvalue weighted by Crippen LogP contribution is -2.19. The van der Waals surface area contributed by atoms with Gasteiger partial charge in [-0.2, -0.15) is 0 Å². The zero-order valence-corrected chi connectivity index (χ0v) is 26.2. The van der Waals surface area contributed by atoms with Gasteiger partial charge in [-0.3, -0.25) is 19.6 Å². The van der Waals surface area contributed by atoms with Gasteiger partial charge < -0.3 is 20.6 Å². The maximum atomic E-state index is 11.4. The van der Waals surface area contributed by atoms with E-state index in [-0.39, 0.29) is 18.2 Å². The molecule has 0 atom stereocenters. The van der Waals surface area contributed by atoms with Crippen molar-refractivity contribution in [2.24, 2.45) is 15.7 Å². The van der Waals surface area contributed by atoms with Crippen LogP contribution < -0.4 is 15.5 Å². The smallest absolute Gasteiger partial charge is 0.178 e. The lowest BCUT2D eigenvalue weighted by atomic mass is 10.1. The Kier molecular flexibility index (Phi) is 16.3. The molecule has 2 fully saturated rings. The summed E-state index contributed by atoms with van der Waals surface area (Å²) in [4.78, 5) is 44.6. The molecule has 41 heavy (non-hydrogen) atoms. The van der Waals surface area contributed by atoms with Crippen molar-refractivity contribution < 1.29 is 14.7 Å². The van der Waals surface area contributed by atoms with Gasteiger partial charge in [0.1, 0.15) is 11.4 Å². The molecule has 2 aromatic rings. The molecule has 0 saturated carbocycles. The van der Waals surface area contributed by atoms with Crippen molar-refractivity contribution in [2.75, 3.05) is 63.7 Å². The summed E-state index contributed by atoms with van der Waals surface area (Å²) in [6, 6.07) is 7.83. The Hall–Kier alpha value is -3.50. The van der Waals surface area contributed by atoms with Crippen LogP contribution in [0.15, 0.2) is 34.3 Å². The number of Topliss-reactive ketones (excluding diaryl/α,β-unsaturated/α-hetero) is 2. The number of nitrogens with two attached hydrogens (primary N) is 1. The number of pyridine rings is 2. The molecule has 0 amide bonds. The summed E-state index contributed by atoms with van der Waals surface area (Å²) in [5, 5.41) is 7.57. The minimum Gasteiger partial charge on any atom is -0.397 e. The molecule has 0 radical (unpaired) electrons. The number of nitrogens with zero attached hydrogens (tertiary/aromatic N) is 6. The third-order valence-electron chi connectivity index (χ3n) is 6.70. The Bertz CT molecular complexity index is 1110. The van der Waals surface area contributed by atoms with E-state index in [9.17, 15) is 9.59 Å².